The van der Waals surface area contributed by atoms with Crippen molar-refractivity contribution in [3.05, 3.63) is 34.1 Å². The molecule has 3 nitrogen and oxygen atoms in total. The number of hydrogen-bond donors (Lipinski definition) is 1. The van der Waals surface area contributed by atoms with E-state index in [0.29, 0.717) is 16.5 Å². The molecule has 2 fully saturated rings. The molecule has 1 N–H and O–H groups in total. The summed E-state index contributed by atoms with van der Waals surface area (Å²) >= 11 is 3.10. The van der Waals surface area contributed by atoms with Crippen LogP contribution in [0.4, 0.5) is 4.39 Å². The predicted molar refractivity (Wildman–Crippen MR) is 69.6 cm³/mol. The maximum atomic E-state index is 13.2. The van der Waals surface area contributed by atoms with Crippen LogP contribution in [0.15, 0.2) is 22.7 Å². The van der Waals surface area contributed by atoms with Crippen molar-refractivity contribution in [2.45, 2.75) is 37.6 Å². The number of nitriles is 1. The second kappa shape index (κ2) is 4.55. The summed E-state index contributed by atoms with van der Waals surface area (Å²) in [5, 5.41) is 20.1. The molecule has 0 spiro atoms. The van der Waals surface area contributed by atoms with Crippen molar-refractivity contribution in [1.29, 1.82) is 5.26 Å². The van der Waals surface area contributed by atoms with E-state index in [1.807, 2.05) is 0 Å². The normalized spacial score (nSPS) is 34.2. The topological polar surface area (TPSA) is 53.2 Å². The lowest BCUT2D eigenvalue weighted by Crippen LogP contribution is -2.37. The van der Waals surface area contributed by atoms with Gasteiger partial charge in [0, 0.05) is 0 Å². The number of fused-ring (bicyclic) bond motifs is 2. The van der Waals surface area contributed by atoms with Crippen LogP contribution in [-0.2, 0) is 4.74 Å². The smallest absolute Gasteiger partial charge is 0.137 e. The molecule has 0 aromatic heterocycles. The Morgan fingerprint density at radius 2 is 2.32 bits per heavy atom. The van der Waals surface area contributed by atoms with Gasteiger partial charge in [-0.25, -0.2) is 4.39 Å². The molecular formula is C14H13BrFNO2. The van der Waals surface area contributed by atoms with E-state index >= 15 is 0 Å². The summed E-state index contributed by atoms with van der Waals surface area (Å²) in [6.45, 7) is 0. The van der Waals surface area contributed by atoms with Gasteiger partial charge in [0.1, 0.15) is 17.3 Å². The number of benzene rings is 1. The van der Waals surface area contributed by atoms with Crippen molar-refractivity contribution in [1.82, 2.24) is 0 Å². The van der Waals surface area contributed by atoms with Gasteiger partial charge in [-0.15, -0.1) is 0 Å². The molecular weight excluding hydrogens is 313 g/mol. The van der Waals surface area contributed by atoms with E-state index in [9.17, 15) is 14.8 Å². The van der Waals surface area contributed by atoms with Crippen LogP contribution in [0.5, 0.6) is 0 Å². The Bertz CT molecular complexity index is 559. The third-order valence-corrected chi connectivity index (χ3v) is 4.81. The fourth-order valence-corrected chi connectivity index (χ4v) is 3.59. The van der Waals surface area contributed by atoms with Crippen molar-refractivity contribution < 1.29 is 14.2 Å². The summed E-state index contributed by atoms with van der Waals surface area (Å²) in [4.78, 5) is 0. The minimum atomic E-state index is -0.954. The Kier molecular flexibility index (Phi) is 3.12. The molecule has 5 heteroatoms. The minimum absolute atomic E-state index is 0.0724. The molecule has 4 atom stereocenters. The molecule has 100 valence electrons. The van der Waals surface area contributed by atoms with E-state index in [4.69, 9.17) is 4.74 Å². The molecule has 2 saturated heterocycles. The zero-order valence-electron chi connectivity index (χ0n) is 10.1. The number of halogens is 2. The van der Waals surface area contributed by atoms with Crippen LogP contribution in [0.3, 0.4) is 0 Å². The number of nitrogens with zero attached hydrogens (tertiary/aromatic N) is 1. The first-order chi connectivity index (χ1) is 9.06. The van der Waals surface area contributed by atoms with Gasteiger partial charge >= 0.3 is 0 Å². The average Bonchev–Trinajstić information content (AvgIpc) is 3.02. The Hall–Kier alpha value is -0.960. The fourth-order valence-electron chi connectivity index (χ4n) is 3.19. The summed E-state index contributed by atoms with van der Waals surface area (Å²) in [6.07, 6.45) is 1.20. The van der Waals surface area contributed by atoms with Crippen LogP contribution < -0.4 is 0 Å². The van der Waals surface area contributed by atoms with Crippen molar-refractivity contribution in [2.24, 2.45) is 5.41 Å². The molecule has 1 aromatic carbocycles. The molecule has 0 saturated carbocycles. The molecule has 19 heavy (non-hydrogen) atoms. The van der Waals surface area contributed by atoms with Crippen molar-refractivity contribution >= 4 is 15.9 Å². The summed E-state index contributed by atoms with van der Waals surface area (Å²) < 4.78 is 19.2. The summed E-state index contributed by atoms with van der Waals surface area (Å²) in [6, 6.07) is 6.61. The van der Waals surface area contributed by atoms with Gasteiger partial charge in [0.2, 0.25) is 0 Å². The summed E-state index contributed by atoms with van der Waals surface area (Å²) in [5.74, 6) is -0.383. The summed E-state index contributed by atoms with van der Waals surface area (Å²) in [5.41, 5.74) is -0.355. The van der Waals surface area contributed by atoms with Gasteiger partial charge in [-0.3, -0.25) is 0 Å². The lowest BCUT2D eigenvalue weighted by atomic mass is 9.69. The average molecular weight is 326 g/mol. The maximum Gasteiger partial charge on any atom is 0.137 e. The molecule has 3 rings (SSSR count). The van der Waals surface area contributed by atoms with Gasteiger partial charge in [-0.05, 0) is 52.9 Å². The highest BCUT2D eigenvalue weighted by atomic mass is 79.9. The lowest BCUT2D eigenvalue weighted by Gasteiger charge is -2.33. The van der Waals surface area contributed by atoms with Gasteiger partial charge in [0.05, 0.1) is 22.7 Å². The van der Waals surface area contributed by atoms with Gasteiger partial charge in [-0.2, -0.15) is 5.26 Å². The predicted octanol–water partition coefficient (Wildman–Crippen LogP) is 3.08. The van der Waals surface area contributed by atoms with Gasteiger partial charge in [0.15, 0.2) is 0 Å². The standard InChI is InChI=1S/C14H13BrFNO2/c15-10-5-8(1-3-11(10)16)13(18)14(7-17)6-9-2-4-12(14)19-9/h1,3,5,9,12-13,18H,2,4,6H2. The molecule has 0 radical (unpaired) electrons. The van der Waals surface area contributed by atoms with E-state index in [1.165, 1.54) is 18.2 Å². The number of aliphatic hydroxyl groups is 1. The maximum absolute atomic E-state index is 13.2. The third-order valence-electron chi connectivity index (χ3n) is 4.20. The molecule has 0 aliphatic carbocycles. The molecule has 2 aliphatic heterocycles. The molecule has 2 aliphatic rings. The van der Waals surface area contributed by atoms with Gasteiger partial charge in [0.25, 0.3) is 0 Å². The third kappa shape index (κ3) is 1.90. The number of hydrogen-bond acceptors (Lipinski definition) is 3. The van der Waals surface area contributed by atoms with Crippen LogP contribution in [0.2, 0.25) is 0 Å². The first-order valence-electron chi connectivity index (χ1n) is 6.26. The minimum Gasteiger partial charge on any atom is -0.387 e. The fraction of sp³-hybridized carbons (Fsp3) is 0.500. The van der Waals surface area contributed by atoms with Crippen molar-refractivity contribution in [3.8, 4) is 6.07 Å². The largest absolute Gasteiger partial charge is 0.387 e. The molecule has 2 heterocycles. The highest BCUT2D eigenvalue weighted by Gasteiger charge is 2.57. The molecule has 0 amide bonds. The molecule has 2 bridgehead atoms. The van der Waals surface area contributed by atoms with E-state index in [0.717, 1.165) is 12.8 Å². The van der Waals surface area contributed by atoms with Crippen LogP contribution in [-0.4, -0.2) is 17.3 Å². The van der Waals surface area contributed by atoms with Crippen molar-refractivity contribution in [3.63, 3.8) is 0 Å². The van der Waals surface area contributed by atoms with Crippen LogP contribution in [0.25, 0.3) is 0 Å². The molecule has 4 unspecified atom stereocenters. The second-order valence-corrected chi connectivity index (χ2v) is 6.11. The Balaban J connectivity index is 1.96. The monoisotopic (exact) mass is 325 g/mol. The SMILES string of the molecule is N#CC1(C(O)c2ccc(F)c(Br)c2)CC2CCC1O2. The van der Waals surface area contributed by atoms with Gasteiger partial charge in [-0.1, -0.05) is 6.07 Å². The highest BCUT2D eigenvalue weighted by Crippen LogP contribution is 2.54. The zero-order chi connectivity index (χ0) is 13.6. The highest BCUT2D eigenvalue weighted by molar-refractivity contribution is 9.10. The van der Waals surface area contributed by atoms with E-state index in [1.54, 1.807) is 0 Å². The van der Waals surface area contributed by atoms with E-state index in [-0.39, 0.29) is 18.0 Å². The zero-order valence-corrected chi connectivity index (χ0v) is 11.7. The van der Waals surface area contributed by atoms with E-state index in [2.05, 4.69) is 22.0 Å². The summed E-state index contributed by atoms with van der Waals surface area (Å²) in [7, 11) is 0. The Morgan fingerprint density at radius 1 is 1.53 bits per heavy atom. The van der Waals surface area contributed by atoms with Gasteiger partial charge < -0.3 is 9.84 Å². The second-order valence-electron chi connectivity index (χ2n) is 5.26. The van der Waals surface area contributed by atoms with Crippen molar-refractivity contribution in [2.75, 3.05) is 0 Å². The van der Waals surface area contributed by atoms with Crippen LogP contribution in [0.1, 0.15) is 30.9 Å². The first kappa shape index (κ1) is 13.0. The van der Waals surface area contributed by atoms with Crippen LogP contribution in [0, 0.1) is 22.6 Å². The number of aliphatic hydroxyl groups excluding tert-OH is 1. The molecule has 1 aromatic rings. The lowest BCUT2D eigenvalue weighted by molar-refractivity contribution is 0.00336. The quantitative estimate of drug-likeness (QED) is 0.909. The number of rotatable bonds is 2. The van der Waals surface area contributed by atoms with E-state index < -0.39 is 11.5 Å². The Labute approximate surface area is 119 Å². The number of ether oxygens (including phenoxy) is 1. The first-order valence-corrected chi connectivity index (χ1v) is 7.06. The van der Waals surface area contributed by atoms with Crippen LogP contribution >= 0.6 is 15.9 Å². The Morgan fingerprint density at radius 3 is 2.84 bits per heavy atom.